The van der Waals surface area contributed by atoms with E-state index >= 15 is 0 Å². The highest BCUT2D eigenvalue weighted by Crippen LogP contribution is 2.32. The van der Waals surface area contributed by atoms with E-state index in [0.717, 1.165) is 22.3 Å². The first kappa shape index (κ1) is 34.1. The van der Waals surface area contributed by atoms with Crippen LogP contribution in [-0.2, 0) is 54.3 Å². The number of fused-ring (bicyclic) bond motifs is 2. The first-order valence-electron chi connectivity index (χ1n) is 12.8. The van der Waals surface area contributed by atoms with E-state index in [2.05, 4.69) is 5.32 Å². The van der Waals surface area contributed by atoms with Gasteiger partial charge in [0.1, 0.15) is 16.7 Å². The maximum atomic E-state index is 12.2. The smallest absolute Gasteiger partial charge is 0.475 e. The number of carboxylic acids is 1. The average Bonchev–Trinajstić information content (AvgIpc) is 3.44. The molecule has 4 N–H and O–H groups in total. The lowest BCUT2D eigenvalue weighted by Crippen LogP contribution is -2.56. The minimum atomic E-state index is -5.08. The number of nitrogens with one attached hydrogen (secondary N) is 1. The Labute approximate surface area is 241 Å². The quantitative estimate of drug-likeness (QED) is 0.357. The molecular formula is C29H35F3N2O8. The predicted octanol–water partition coefficient (Wildman–Crippen LogP) is 3.51. The zero-order valence-electron chi connectivity index (χ0n) is 24.0. The number of benzene rings is 2. The molecule has 4 rings (SSSR count). The van der Waals surface area contributed by atoms with Gasteiger partial charge in [0.25, 0.3) is 0 Å². The van der Waals surface area contributed by atoms with Crippen LogP contribution in [-0.4, -0.2) is 66.2 Å². The van der Waals surface area contributed by atoms with E-state index in [1.54, 1.807) is 20.8 Å². The summed E-state index contributed by atoms with van der Waals surface area (Å²) in [6, 6.07) is 15.7. The fourth-order valence-electron chi connectivity index (χ4n) is 4.59. The SMILES string of the molecule is COC(=O)C1(N)Cc2ccccc2C1.COC(=O)C1(NC(=O)OC(C)(C)C)Cc2ccccc2C1.O=C(O)C(F)(F)F. The van der Waals surface area contributed by atoms with Crippen molar-refractivity contribution in [2.45, 2.75) is 69.3 Å². The number of hydrogen-bond donors (Lipinski definition) is 3. The van der Waals surface area contributed by atoms with Crippen molar-refractivity contribution in [1.29, 1.82) is 0 Å². The first-order valence-corrected chi connectivity index (χ1v) is 12.8. The highest BCUT2D eigenvalue weighted by molar-refractivity contribution is 5.88. The van der Waals surface area contributed by atoms with Crippen LogP contribution in [0.5, 0.6) is 0 Å². The van der Waals surface area contributed by atoms with Crippen molar-refractivity contribution in [3.8, 4) is 0 Å². The van der Waals surface area contributed by atoms with E-state index in [-0.39, 0.29) is 5.97 Å². The van der Waals surface area contributed by atoms with Crippen molar-refractivity contribution < 1.29 is 51.7 Å². The largest absolute Gasteiger partial charge is 0.490 e. The molecule has 230 valence electrons. The van der Waals surface area contributed by atoms with Crippen molar-refractivity contribution in [3.63, 3.8) is 0 Å². The van der Waals surface area contributed by atoms with E-state index in [4.69, 9.17) is 29.8 Å². The minimum absolute atomic E-state index is 0.325. The van der Waals surface area contributed by atoms with E-state index in [1.807, 2.05) is 48.5 Å². The molecule has 10 nitrogen and oxygen atoms in total. The number of amides is 1. The Balaban J connectivity index is 0.000000252. The second-order valence-electron chi connectivity index (χ2n) is 10.9. The van der Waals surface area contributed by atoms with Gasteiger partial charge in [0, 0.05) is 25.7 Å². The van der Waals surface area contributed by atoms with Gasteiger partial charge >= 0.3 is 30.2 Å². The Kier molecular flexibility index (Phi) is 10.7. The molecule has 0 atom stereocenters. The zero-order valence-corrected chi connectivity index (χ0v) is 24.0. The van der Waals surface area contributed by atoms with Gasteiger partial charge in [-0.15, -0.1) is 0 Å². The van der Waals surface area contributed by atoms with Crippen LogP contribution < -0.4 is 11.1 Å². The van der Waals surface area contributed by atoms with E-state index in [0.29, 0.717) is 25.7 Å². The summed E-state index contributed by atoms with van der Waals surface area (Å²) < 4.78 is 46.6. The fourth-order valence-corrected chi connectivity index (χ4v) is 4.59. The Hall–Kier alpha value is -4.13. The number of ether oxygens (including phenoxy) is 3. The van der Waals surface area contributed by atoms with E-state index in [1.165, 1.54) is 14.2 Å². The molecule has 1 amide bonds. The summed E-state index contributed by atoms with van der Waals surface area (Å²) in [4.78, 5) is 44.6. The lowest BCUT2D eigenvalue weighted by atomic mass is 9.96. The number of methoxy groups -OCH3 is 2. The fraction of sp³-hybridized carbons (Fsp3) is 0.448. The highest BCUT2D eigenvalue weighted by Gasteiger charge is 2.47. The van der Waals surface area contributed by atoms with Crippen LogP contribution in [0, 0.1) is 0 Å². The molecule has 13 heteroatoms. The Morgan fingerprint density at radius 3 is 1.45 bits per heavy atom. The maximum Gasteiger partial charge on any atom is 0.490 e. The predicted molar refractivity (Wildman–Crippen MR) is 144 cm³/mol. The molecule has 2 aromatic rings. The van der Waals surface area contributed by atoms with Crippen molar-refractivity contribution in [1.82, 2.24) is 5.32 Å². The number of esters is 2. The molecule has 0 unspecified atom stereocenters. The molecule has 0 fully saturated rings. The number of carboxylic acid groups (broad SMARTS) is 1. The van der Waals surface area contributed by atoms with Crippen LogP contribution >= 0.6 is 0 Å². The van der Waals surface area contributed by atoms with Gasteiger partial charge < -0.3 is 30.4 Å². The summed E-state index contributed by atoms with van der Waals surface area (Å²) in [7, 11) is 2.70. The lowest BCUT2D eigenvalue weighted by Gasteiger charge is -2.29. The summed E-state index contributed by atoms with van der Waals surface area (Å²) >= 11 is 0. The third-order valence-electron chi connectivity index (χ3n) is 6.38. The van der Waals surface area contributed by atoms with Crippen LogP contribution in [0.1, 0.15) is 43.0 Å². The van der Waals surface area contributed by atoms with Gasteiger partial charge in [-0.25, -0.2) is 14.4 Å². The molecule has 0 radical (unpaired) electrons. The van der Waals surface area contributed by atoms with Crippen LogP contribution in [0.4, 0.5) is 18.0 Å². The number of nitrogens with two attached hydrogens (primary N) is 1. The first-order chi connectivity index (χ1) is 19.4. The molecule has 2 aliphatic rings. The van der Waals surface area contributed by atoms with Gasteiger partial charge in [0.2, 0.25) is 0 Å². The number of aliphatic carboxylic acids is 1. The molecule has 42 heavy (non-hydrogen) atoms. The third-order valence-corrected chi connectivity index (χ3v) is 6.38. The molecule has 0 saturated carbocycles. The molecule has 0 aliphatic heterocycles. The van der Waals surface area contributed by atoms with E-state index in [9.17, 15) is 27.6 Å². The second kappa shape index (κ2) is 13.2. The molecule has 0 saturated heterocycles. The maximum absolute atomic E-state index is 12.2. The van der Waals surface area contributed by atoms with Crippen LogP contribution in [0.25, 0.3) is 0 Å². The van der Waals surface area contributed by atoms with Crippen LogP contribution in [0.3, 0.4) is 0 Å². The number of rotatable bonds is 3. The Morgan fingerprint density at radius 2 is 1.14 bits per heavy atom. The Bertz CT molecular complexity index is 1250. The number of halogens is 3. The topological polar surface area (TPSA) is 154 Å². The van der Waals surface area contributed by atoms with Crippen molar-refractivity contribution in [2.75, 3.05) is 14.2 Å². The summed E-state index contributed by atoms with van der Waals surface area (Å²) in [6.45, 7) is 5.34. The van der Waals surface area contributed by atoms with Gasteiger partial charge in [-0.2, -0.15) is 13.2 Å². The number of alkyl halides is 3. The molecule has 2 aromatic carbocycles. The van der Waals surface area contributed by atoms with Gasteiger partial charge in [-0.3, -0.25) is 4.79 Å². The van der Waals surface area contributed by atoms with E-state index < -0.39 is 40.9 Å². The van der Waals surface area contributed by atoms with Crippen molar-refractivity contribution in [3.05, 3.63) is 70.8 Å². The lowest BCUT2D eigenvalue weighted by molar-refractivity contribution is -0.192. The molecule has 2 aliphatic carbocycles. The highest BCUT2D eigenvalue weighted by atomic mass is 19.4. The third kappa shape index (κ3) is 8.93. The zero-order chi connectivity index (χ0) is 31.9. The number of carbonyl (C=O) groups is 4. The number of hydrogen-bond acceptors (Lipinski definition) is 8. The monoisotopic (exact) mass is 596 g/mol. The minimum Gasteiger partial charge on any atom is -0.475 e. The summed E-state index contributed by atoms with van der Waals surface area (Å²) in [6.07, 6.45) is -3.71. The van der Waals surface area contributed by atoms with Gasteiger partial charge in [0.15, 0.2) is 0 Å². The van der Waals surface area contributed by atoms with Gasteiger partial charge in [-0.1, -0.05) is 48.5 Å². The van der Waals surface area contributed by atoms with Crippen LogP contribution in [0.15, 0.2) is 48.5 Å². The summed E-state index contributed by atoms with van der Waals surface area (Å²) in [5, 5.41) is 9.84. The summed E-state index contributed by atoms with van der Waals surface area (Å²) in [5.41, 5.74) is 7.83. The number of carbonyl (C=O) groups excluding carboxylic acids is 3. The standard InChI is InChI=1S/C16H21NO4.C11H13NO2.C2HF3O2/c1-15(2,3)21-14(19)17-16(13(18)20-4)9-11-7-5-6-8-12(11)10-16;1-14-10(13)11(12)6-8-4-2-3-5-9(8)7-11;3-2(4,5)1(6)7/h5-8H,9-10H2,1-4H3,(H,17,19);2-5H,6-7,12H2,1H3;(H,6,7). The van der Waals surface area contributed by atoms with Crippen molar-refractivity contribution >= 4 is 24.0 Å². The van der Waals surface area contributed by atoms with Crippen LogP contribution in [0.2, 0.25) is 0 Å². The van der Waals surface area contributed by atoms with Crippen molar-refractivity contribution in [2.24, 2.45) is 5.73 Å². The molecule has 0 bridgehead atoms. The number of alkyl carbamates (subject to hydrolysis) is 1. The Morgan fingerprint density at radius 1 is 0.786 bits per heavy atom. The molecular weight excluding hydrogens is 561 g/mol. The molecule has 0 aromatic heterocycles. The normalized spacial score (nSPS) is 15.7. The van der Waals surface area contributed by atoms with Gasteiger partial charge in [0.05, 0.1) is 14.2 Å². The second-order valence-corrected chi connectivity index (χ2v) is 10.9. The summed E-state index contributed by atoms with van der Waals surface area (Å²) in [5.74, 6) is -3.54. The van der Waals surface area contributed by atoms with Gasteiger partial charge in [-0.05, 0) is 43.0 Å². The molecule has 0 heterocycles. The average molecular weight is 597 g/mol. The molecule has 0 spiro atoms.